The van der Waals surface area contributed by atoms with Gasteiger partial charge in [-0.1, -0.05) is 18.2 Å². The van der Waals surface area contributed by atoms with Gasteiger partial charge in [0.15, 0.2) is 5.96 Å². The van der Waals surface area contributed by atoms with Crippen molar-refractivity contribution in [1.82, 2.24) is 20.5 Å². The minimum Gasteiger partial charge on any atom is -0.379 e. The van der Waals surface area contributed by atoms with Crippen molar-refractivity contribution in [3.8, 4) is 0 Å². The normalized spacial score (nSPS) is 15.6. The fourth-order valence-corrected chi connectivity index (χ4v) is 3.69. The second-order valence-electron chi connectivity index (χ2n) is 7.67. The Morgan fingerprint density at radius 3 is 2.56 bits per heavy atom. The van der Waals surface area contributed by atoms with Gasteiger partial charge in [-0.25, -0.2) is 14.4 Å². The number of aromatic nitrogens is 1. The molecule has 32 heavy (non-hydrogen) atoms. The molecule has 0 radical (unpaired) electrons. The summed E-state index contributed by atoms with van der Waals surface area (Å²) in [6.45, 7) is 7.10. The number of hydrogen-bond acceptors (Lipinski definition) is 5. The van der Waals surface area contributed by atoms with Crippen LogP contribution in [0.25, 0.3) is 0 Å². The molecule has 1 unspecified atom stereocenters. The van der Waals surface area contributed by atoms with Crippen molar-refractivity contribution in [2.45, 2.75) is 19.5 Å². The van der Waals surface area contributed by atoms with E-state index in [0.717, 1.165) is 42.5 Å². The van der Waals surface area contributed by atoms with Crippen LogP contribution in [0, 0.1) is 5.82 Å². The van der Waals surface area contributed by atoms with Crippen LogP contribution in [0.4, 0.5) is 10.2 Å². The van der Waals surface area contributed by atoms with Gasteiger partial charge in [0.2, 0.25) is 0 Å². The van der Waals surface area contributed by atoms with Crippen LogP contribution in [0.1, 0.15) is 24.1 Å². The summed E-state index contributed by atoms with van der Waals surface area (Å²) in [7, 11) is 3.96. The predicted octanol–water partition coefficient (Wildman–Crippen LogP) is 3.03. The zero-order valence-electron chi connectivity index (χ0n) is 19.1. The summed E-state index contributed by atoms with van der Waals surface area (Å²) in [5.41, 5.74) is 2.14. The Bertz CT molecular complexity index is 843. The fourth-order valence-electron chi connectivity index (χ4n) is 3.69. The van der Waals surface area contributed by atoms with Crippen molar-refractivity contribution in [2.24, 2.45) is 4.99 Å². The number of hydrogen-bond donors (Lipinski definition) is 2. The molecule has 1 aromatic heterocycles. The van der Waals surface area contributed by atoms with Gasteiger partial charge in [0, 0.05) is 52.0 Å². The van der Waals surface area contributed by atoms with Crippen LogP contribution in [-0.2, 0) is 11.3 Å². The van der Waals surface area contributed by atoms with Gasteiger partial charge in [0.1, 0.15) is 11.6 Å². The zero-order chi connectivity index (χ0) is 22.1. The molecule has 0 amide bonds. The number of halogens is 2. The number of nitrogens with one attached hydrogen (secondary N) is 2. The Kier molecular flexibility index (Phi) is 11.1. The summed E-state index contributed by atoms with van der Waals surface area (Å²) >= 11 is 0. The second-order valence-corrected chi connectivity index (χ2v) is 7.67. The van der Waals surface area contributed by atoms with Crippen LogP contribution in [0.5, 0.6) is 0 Å². The average Bonchev–Trinajstić information content (AvgIpc) is 2.79. The number of morpholine rings is 1. The topological polar surface area (TPSA) is 65.0 Å². The van der Waals surface area contributed by atoms with Crippen LogP contribution in [0.15, 0.2) is 47.6 Å². The van der Waals surface area contributed by atoms with Gasteiger partial charge in [0.05, 0.1) is 25.8 Å². The van der Waals surface area contributed by atoms with E-state index in [9.17, 15) is 4.39 Å². The second kappa shape index (κ2) is 13.5. The first kappa shape index (κ1) is 26.3. The predicted molar refractivity (Wildman–Crippen MR) is 138 cm³/mol. The Morgan fingerprint density at radius 1 is 1.19 bits per heavy atom. The highest BCUT2D eigenvalue weighted by Crippen LogP contribution is 2.22. The van der Waals surface area contributed by atoms with E-state index < -0.39 is 0 Å². The molecule has 2 heterocycles. The highest BCUT2D eigenvalue weighted by atomic mass is 127. The van der Waals surface area contributed by atoms with Crippen LogP contribution in [-0.4, -0.2) is 69.3 Å². The summed E-state index contributed by atoms with van der Waals surface area (Å²) in [5, 5.41) is 6.80. The summed E-state index contributed by atoms with van der Waals surface area (Å²) in [5.74, 6) is 1.44. The molecule has 1 atom stereocenters. The highest BCUT2D eigenvalue weighted by molar-refractivity contribution is 14.0. The van der Waals surface area contributed by atoms with Crippen LogP contribution in [0.3, 0.4) is 0 Å². The third kappa shape index (κ3) is 7.56. The number of nitrogens with zero attached hydrogens (tertiary/aromatic N) is 4. The lowest BCUT2D eigenvalue weighted by atomic mass is 10.0. The Balaban J connectivity index is 0.00000363. The van der Waals surface area contributed by atoms with Gasteiger partial charge in [-0.3, -0.25) is 4.90 Å². The van der Waals surface area contributed by atoms with E-state index in [4.69, 9.17) is 9.73 Å². The SMILES string of the molecule is CCNC(=NCc1cccnc1N(C)C)NCC(c1ccc(F)cc1)N1CCOCC1.I. The number of aliphatic imine (C=N–C) groups is 1. The molecule has 7 nitrogen and oxygen atoms in total. The van der Waals surface area contributed by atoms with E-state index in [0.29, 0.717) is 26.3 Å². The molecule has 0 aliphatic carbocycles. The number of anilines is 1. The van der Waals surface area contributed by atoms with E-state index in [2.05, 4.69) is 20.5 Å². The summed E-state index contributed by atoms with van der Waals surface area (Å²) in [6, 6.07) is 10.8. The summed E-state index contributed by atoms with van der Waals surface area (Å²) in [4.78, 5) is 13.6. The number of guanidine groups is 1. The standard InChI is InChI=1S/C23H33FN6O.HI/c1-4-25-23(27-16-19-6-5-11-26-22(19)29(2)3)28-17-21(30-12-14-31-15-13-30)18-7-9-20(24)10-8-18;/h5-11,21H,4,12-17H2,1-3H3,(H2,25,27,28);1H. The van der Waals surface area contributed by atoms with Crippen LogP contribution in [0.2, 0.25) is 0 Å². The van der Waals surface area contributed by atoms with E-state index in [1.54, 1.807) is 6.20 Å². The Hall–Kier alpha value is -1.98. The summed E-state index contributed by atoms with van der Waals surface area (Å²) < 4.78 is 19.0. The van der Waals surface area contributed by atoms with Crippen molar-refractivity contribution < 1.29 is 9.13 Å². The number of ether oxygens (including phenoxy) is 1. The maximum atomic E-state index is 13.5. The zero-order valence-corrected chi connectivity index (χ0v) is 21.4. The quantitative estimate of drug-likeness (QED) is 0.296. The van der Waals surface area contributed by atoms with Crippen LogP contribution >= 0.6 is 24.0 Å². The smallest absolute Gasteiger partial charge is 0.191 e. The lowest BCUT2D eigenvalue weighted by molar-refractivity contribution is 0.0170. The average molecular weight is 556 g/mol. The molecule has 176 valence electrons. The third-order valence-corrected chi connectivity index (χ3v) is 5.25. The molecule has 0 bridgehead atoms. The van der Waals surface area contributed by atoms with Gasteiger partial charge in [-0.2, -0.15) is 0 Å². The molecular formula is C23H34FIN6O. The molecule has 1 fully saturated rings. The highest BCUT2D eigenvalue weighted by Gasteiger charge is 2.23. The fraction of sp³-hybridized carbons (Fsp3) is 0.478. The van der Waals surface area contributed by atoms with Crippen molar-refractivity contribution in [3.05, 3.63) is 59.5 Å². The van der Waals surface area contributed by atoms with E-state index in [1.807, 2.05) is 50.2 Å². The number of pyridine rings is 1. The Morgan fingerprint density at radius 2 is 1.91 bits per heavy atom. The monoisotopic (exact) mass is 556 g/mol. The molecule has 1 aliphatic rings. The lowest BCUT2D eigenvalue weighted by Gasteiger charge is -2.35. The molecule has 1 aliphatic heterocycles. The molecule has 1 aromatic carbocycles. The van der Waals surface area contributed by atoms with E-state index in [-0.39, 0.29) is 35.8 Å². The number of rotatable bonds is 8. The van der Waals surface area contributed by atoms with Crippen molar-refractivity contribution in [3.63, 3.8) is 0 Å². The Labute approximate surface area is 207 Å². The molecule has 0 spiro atoms. The maximum absolute atomic E-state index is 13.5. The van der Waals surface area contributed by atoms with Crippen molar-refractivity contribution >= 4 is 35.8 Å². The van der Waals surface area contributed by atoms with Gasteiger partial charge in [0.25, 0.3) is 0 Å². The van der Waals surface area contributed by atoms with Gasteiger partial charge in [-0.05, 0) is 30.7 Å². The minimum absolute atomic E-state index is 0. The molecule has 0 saturated carbocycles. The van der Waals surface area contributed by atoms with Gasteiger partial charge >= 0.3 is 0 Å². The first-order chi connectivity index (χ1) is 15.1. The summed E-state index contributed by atoms with van der Waals surface area (Å²) in [6.07, 6.45) is 1.79. The van der Waals surface area contributed by atoms with Gasteiger partial charge in [-0.15, -0.1) is 24.0 Å². The van der Waals surface area contributed by atoms with Crippen LogP contribution < -0.4 is 15.5 Å². The first-order valence-electron chi connectivity index (χ1n) is 10.8. The largest absolute Gasteiger partial charge is 0.379 e. The maximum Gasteiger partial charge on any atom is 0.191 e. The molecule has 9 heteroatoms. The molecule has 2 aromatic rings. The third-order valence-electron chi connectivity index (χ3n) is 5.25. The first-order valence-corrected chi connectivity index (χ1v) is 10.8. The molecule has 1 saturated heterocycles. The van der Waals surface area contributed by atoms with Crippen molar-refractivity contribution in [2.75, 3.05) is 58.4 Å². The molecule has 2 N–H and O–H groups in total. The lowest BCUT2D eigenvalue weighted by Crippen LogP contribution is -2.46. The molecule has 3 rings (SSSR count). The van der Waals surface area contributed by atoms with E-state index in [1.165, 1.54) is 12.1 Å². The minimum atomic E-state index is -0.222. The number of benzene rings is 1. The van der Waals surface area contributed by atoms with Crippen molar-refractivity contribution in [1.29, 1.82) is 0 Å². The van der Waals surface area contributed by atoms with E-state index >= 15 is 0 Å². The molecular weight excluding hydrogens is 522 g/mol. The van der Waals surface area contributed by atoms with Gasteiger partial charge < -0.3 is 20.3 Å².